The number of nitrogens with one attached hydrogen (secondary N) is 2. The van der Waals surface area contributed by atoms with Crippen molar-refractivity contribution in [2.45, 2.75) is 46.0 Å². The molecule has 0 saturated heterocycles. The third-order valence-corrected chi connectivity index (χ3v) is 5.02. The lowest BCUT2D eigenvalue weighted by Crippen LogP contribution is -2.33. The van der Waals surface area contributed by atoms with E-state index in [1.54, 1.807) is 0 Å². The Morgan fingerprint density at radius 2 is 1.83 bits per heavy atom. The van der Waals surface area contributed by atoms with E-state index in [4.69, 9.17) is 0 Å². The molecule has 2 aliphatic rings. The number of hydrogen-bond donors (Lipinski definition) is 2. The van der Waals surface area contributed by atoms with Crippen LogP contribution in [0.1, 0.15) is 44.6 Å². The Kier molecular flexibility index (Phi) is 4.69. The fourth-order valence-electron chi connectivity index (χ4n) is 3.24. The van der Waals surface area contributed by atoms with Crippen molar-refractivity contribution in [1.82, 2.24) is 0 Å². The Bertz CT molecular complexity index is 679. The zero-order valence-corrected chi connectivity index (χ0v) is 14.2. The van der Waals surface area contributed by atoms with E-state index < -0.39 is 0 Å². The first-order valence-electron chi connectivity index (χ1n) is 8.68. The molecule has 0 spiro atoms. The first-order chi connectivity index (χ1) is 11.4. The number of carbonyl (C=O) groups is 3. The maximum atomic E-state index is 12.6. The molecule has 2 fully saturated rings. The minimum atomic E-state index is -0.133. The molecule has 0 aromatic heterocycles. The predicted molar refractivity (Wildman–Crippen MR) is 92.7 cm³/mol. The highest BCUT2D eigenvalue weighted by molar-refractivity contribution is 5.97. The van der Waals surface area contributed by atoms with Crippen LogP contribution in [-0.2, 0) is 14.4 Å². The molecule has 2 N–H and O–H groups in total. The predicted octanol–water partition coefficient (Wildman–Crippen LogP) is 3.29. The number of rotatable bonds is 4. The summed E-state index contributed by atoms with van der Waals surface area (Å²) in [6.45, 7) is 3.89. The van der Waals surface area contributed by atoms with E-state index in [0.29, 0.717) is 24.9 Å². The molecule has 0 aliphatic heterocycles. The van der Waals surface area contributed by atoms with Crippen molar-refractivity contribution in [3.05, 3.63) is 23.8 Å². The summed E-state index contributed by atoms with van der Waals surface area (Å²) < 4.78 is 0. The van der Waals surface area contributed by atoms with Gasteiger partial charge in [-0.25, -0.2) is 0 Å². The first kappa shape index (κ1) is 16.7. The molecular formula is C19H24N2O3. The van der Waals surface area contributed by atoms with Crippen LogP contribution < -0.4 is 10.6 Å². The van der Waals surface area contributed by atoms with Crippen molar-refractivity contribution in [2.24, 2.45) is 17.8 Å². The number of hydrogen-bond acceptors (Lipinski definition) is 3. The van der Waals surface area contributed by atoms with Gasteiger partial charge in [0.05, 0.1) is 0 Å². The van der Waals surface area contributed by atoms with Gasteiger partial charge in [0.25, 0.3) is 0 Å². The zero-order valence-electron chi connectivity index (χ0n) is 14.2. The van der Waals surface area contributed by atoms with Crippen LogP contribution in [0.4, 0.5) is 11.4 Å². The summed E-state index contributed by atoms with van der Waals surface area (Å²) in [6, 6.07) is 5.56. The first-order valence-corrected chi connectivity index (χ1v) is 8.68. The number of anilines is 2. The minimum Gasteiger partial charge on any atom is -0.326 e. The van der Waals surface area contributed by atoms with Gasteiger partial charge in [-0.15, -0.1) is 0 Å². The largest absolute Gasteiger partial charge is 0.326 e. The molecule has 2 aliphatic carbocycles. The van der Waals surface area contributed by atoms with Gasteiger partial charge in [-0.2, -0.15) is 0 Å². The fourth-order valence-corrected chi connectivity index (χ4v) is 3.24. The van der Waals surface area contributed by atoms with E-state index in [2.05, 4.69) is 10.6 Å². The van der Waals surface area contributed by atoms with Gasteiger partial charge in [0.2, 0.25) is 11.8 Å². The Balaban J connectivity index is 1.68. The summed E-state index contributed by atoms with van der Waals surface area (Å²) >= 11 is 0. The summed E-state index contributed by atoms with van der Waals surface area (Å²) in [5.41, 5.74) is 2.38. The van der Waals surface area contributed by atoms with Gasteiger partial charge in [-0.05, 0) is 49.8 Å². The van der Waals surface area contributed by atoms with Crippen LogP contribution in [0, 0.1) is 24.7 Å². The second kappa shape index (κ2) is 6.75. The third kappa shape index (κ3) is 3.83. The number of benzene rings is 1. The summed E-state index contributed by atoms with van der Waals surface area (Å²) in [5, 5.41) is 5.89. The van der Waals surface area contributed by atoms with Crippen LogP contribution in [0.15, 0.2) is 18.2 Å². The number of ketones is 1. The van der Waals surface area contributed by atoms with Crippen molar-refractivity contribution >= 4 is 29.0 Å². The van der Waals surface area contributed by atoms with Gasteiger partial charge < -0.3 is 10.6 Å². The van der Waals surface area contributed by atoms with E-state index in [9.17, 15) is 14.4 Å². The Morgan fingerprint density at radius 1 is 1.08 bits per heavy atom. The normalized spacial score (nSPS) is 23.7. The summed E-state index contributed by atoms with van der Waals surface area (Å²) in [4.78, 5) is 36.0. The standard InChI is InChI=1S/C19H24N2O3/c1-11-3-6-14(20-18(23)13-4-5-13)10-17(11)21-19(24)16-8-7-15(22)9-12(16)2/h3,6,10,12-13,16H,4-5,7-9H2,1-2H3,(H,20,23)(H,21,24). The van der Waals surface area contributed by atoms with Crippen molar-refractivity contribution in [3.63, 3.8) is 0 Å². The third-order valence-electron chi connectivity index (χ3n) is 5.02. The topological polar surface area (TPSA) is 75.3 Å². The van der Waals surface area contributed by atoms with E-state index in [1.807, 2.05) is 32.0 Å². The maximum absolute atomic E-state index is 12.6. The highest BCUT2D eigenvalue weighted by Crippen LogP contribution is 2.32. The number of carbonyl (C=O) groups excluding carboxylic acids is 3. The second-order valence-corrected chi connectivity index (χ2v) is 7.15. The fraction of sp³-hybridized carbons (Fsp3) is 0.526. The average Bonchev–Trinajstić information content (AvgIpc) is 3.35. The molecule has 24 heavy (non-hydrogen) atoms. The van der Waals surface area contributed by atoms with Crippen molar-refractivity contribution in [1.29, 1.82) is 0 Å². The van der Waals surface area contributed by atoms with Gasteiger partial charge in [-0.3, -0.25) is 14.4 Å². The molecule has 3 rings (SSSR count). The quantitative estimate of drug-likeness (QED) is 0.890. The Labute approximate surface area is 142 Å². The second-order valence-electron chi connectivity index (χ2n) is 7.15. The van der Waals surface area contributed by atoms with Crippen LogP contribution >= 0.6 is 0 Å². The number of Topliss-reactive ketones (excluding diaryl/α,β-unsaturated/α-hetero) is 1. The molecule has 0 bridgehead atoms. The van der Waals surface area contributed by atoms with Gasteiger partial charge in [-0.1, -0.05) is 13.0 Å². The molecule has 0 heterocycles. The molecule has 2 saturated carbocycles. The van der Waals surface area contributed by atoms with Gasteiger partial charge in [0.15, 0.2) is 0 Å². The Morgan fingerprint density at radius 3 is 2.50 bits per heavy atom. The van der Waals surface area contributed by atoms with Crippen LogP contribution in [0.2, 0.25) is 0 Å². The molecule has 5 nitrogen and oxygen atoms in total. The van der Waals surface area contributed by atoms with Crippen molar-refractivity contribution < 1.29 is 14.4 Å². The summed E-state index contributed by atoms with van der Waals surface area (Å²) in [5.74, 6) is 0.341. The molecule has 0 radical (unpaired) electrons. The highest BCUT2D eigenvalue weighted by Gasteiger charge is 2.32. The molecule has 5 heteroatoms. The van der Waals surface area contributed by atoms with Crippen LogP contribution in [0.25, 0.3) is 0 Å². The van der Waals surface area contributed by atoms with E-state index >= 15 is 0 Å². The monoisotopic (exact) mass is 328 g/mol. The summed E-state index contributed by atoms with van der Waals surface area (Å²) in [7, 11) is 0. The van der Waals surface area contributed by atoms with Crippen molar-refractivity contribution in [3.8, 4) is 0 Å². The molecule has 128 valence electrons. The maximum Gasteiger partial charge on any atom is 0.227 e. The number of aryl methyl sites for hydroxylation is 1. The van der Waals surface area contributed by atoms with E-state index in [1.165, 1.54) is 0 Å². The molecule has 2 atom stereocenters. The number of amides is 2. The lowest BCUT2D eigenvalue weighted by molar-refractivity contribution is -0.127. The van der Waals surface area contributed by atoms with Crippen molar-refractivity contribution in [2.75, 3.05) is 10.6 Å². The zero-order chi connectivity index (χ0) is 17.3. The van der Waals surface area contributed by atoms with Gasteiger partial charge in [0.1, 0.15) is 5.78 Å². The molecule has 1 aromatic carbocycles. The van der Waals surface area contributed by atoms with E-state index in [-0.39, 0.29) is 35.4 Å². The summed E-state index contributed by atoms with van der Waals surface area (Å²) in [6.07, 6.45) is 3.50. The Hall–Kier alpha value is -2.17. The molecular weight excluding hydrogens is 304 g/mol. The average molecular weight is 328 g/mol. The van der Waals surface area contributed by atoms with Crippen LogP contribution in [0.5, 0.6) is 0 Å². The van der Waals surface area contributed by atoms with Crippen LogP contribution in [0.3, 0.4) is 0 Å². The lowest BCUT2D eigenvalue weighted by atomic mass is 9.79. The minimum absolute atomic E-state index is 0.0382. The molecule has 1 aromatic rings. The van der Waals surface area contributed by atoms with Crippen LogP contribution in [-0.4, -0.2) is 17.6 Å². The lowest BCUT2D eigenvalue weighted by Gasteiger charge is -2.27. The molecule has 2 amide bonds. The van der Waals surface area contributed by atoms with Gasteiger partial charge in [0, 0.05) is 36.1 Å². The SMILES string of the molecule is Cc1ccc(NC(=O)C2CC2)cc1NC(=O)C1CCC(=O)CC1C. The smallest absolute Gasteiger partial charge is 0.227 e. The highest BCUT2D eigenvalue weighted by atomic mass is 16.2. The van der Waals surface area contributed by atoms with Gasteiger partial charge >= 0.3 is 0 Å². The molecule has 2 unspecified atom stereocenters. The van der Waals surface area contributed by atoms with E-state index in [0.717, 1.165) is 24.1 Å².